The monoisotopic (exact) mass is 158 g/mol. The van der Waals surface area contributed by atoms with Crippen LogP contribution >= 0.6 is 0 Å². The smallest absolute Gasteiger partial charge is 0.241 e. The number of hydrogen-bond donors (Lipinski definition) is 1. The molecule has 4 heteroatoms. The van der Waals surface area contributed by atoms with Gasteiger partial charge in [0, 0.05) is 13.7 Å². The first-order valence-electron chi connectivity index (χ1n) is 3.71. The second kappa shape index (κ2) is 3.19. The van der Waals surface area contributed by atoms with E-state index in [9.17, 15) is 4.79 Å². The van der Waals surface area contributed by atoms with Crippen molar-refractivity contribution in [1.29, 1.82) is 0 Å². The molecule has 1 aliphatic rings. The van der Waals surface area contributed by atoms with Crippen LogP contribution in [0.25, 0.3) is 0 Å². The van der Waals surface area contributed by atoms with Gasteiger partial charge in [-0.25, -0.2) is 0 Å². The Morgan fingerprint density at radius 1 is 1.91 bits per heavy atom. The number of rotatable bonds is 3. The Morgan fingerprint density at radius 2 is 2.55 bits per heavy atom. The van der Waals surface area contributed by atoms with Crippen LogP contribution < -0.4 is 5.73 Å². The van der Waals surface area contributed by atoms with Crippen molar-refractivity contribution >= 4 is 5.91 Å². The van der Waals surface area contributed by atoms with E-state index in [0.29, 0.717) is 13.2 Å². The molecule has 0 aromatic heterocycles. The maximum atomic E-state index is 11.0. The van der Waals surface area contributed by atoms with Crippen molar-refractivity contribution in [2.45, 2.75) is 19.0 Å². The Labute approximate surface area is 66.3 Å². The fourth-order valence-corrected chi connectivity index (χ4v) is 1.21. The first-order valence-corrected chi connectivity index (χ1v) is 3.71. The molecular formula is C7H14N2O2. The first-order chi connectivity index (χ1) is 5.16. The van der Waals surface area contributed by atoms with Gasteiger partial charge < -0.3 is 15.4 Å². The van der Waals surface area contributed by atoms with Crippen molar-refractivity contribution in [2.75, 3.05) is 20.3 Å². The molecule has 4 nitrogen and oxygen atoms in total. The second-order valence-electron chi connectivity index (χ2n) is 2.90. The quantitative estimate of drug-likeness (QED) is 0.546. The summed E-state index contributed by atoms with van der Waals surface area (Å²) in [7, 11) is 1.63. The lowest BCUT2D eigenvalue weighted by molar-refractivity contribution is -0.146. The lowest BCUT2D eigenvalue weighted by Crippen LogP contribution is -2.64. The Kier molecular flexibility index (Phi) is 2.46. The highest BCUT2D eigenvalue weighted by Gasteiger charge is 2.36. The molecule has 0 aromatic rings. The molecule has 2 unspecified atom stereocenters. The van der Waals surface area contributed by atoms with Crippen molar-refractivity contribution in [3.8, 4) is 0 Å². The fourth-order valence-electron chi connectivity index (χ4n) is 1.21. The molecule has 0 saturated carbocycles. The van der Waals surface area contributed by atoms with E-state index in [-0.39, 0.29) is 18.0 Å². The highest BCUT2D eigenvalue weighted by Crippen LogP contribution is 2.12. The predicted octanol–water partition coefficient (Wildman–Crippen LogP) is -0.809. The van der Waals surface area contributed by atoms with E-state index < -0.39 is 0 Å². The molecule has 0 bridgehead atoms. The van der Waals surface area contributed by atoms with Crippen LogP contribution in [0.1, 0.15) is 6.92 Å². The maximum absolute atomic E-state index is 11.0. The average molecular weight is 158 g/mol. The van der Waals surface area contributed by atoms with Crippen LogP contribution in [0.3, 0.4) is 0 Å². The van der Waals surface area contributed by atoms with Crippen LogP contribution in [-0.4, -0.2) is 43.2 Å². The summed E-state index contributed by atoms with van der Waals surface area (Å²) in [6.45, 7) is 3.20. The molecule has 2 atom stereocenters. The molecule has 1 amide bonds. The fraction of sp³-hybridized carbons (Fsp3) is 0.857. The van der Waals surface area contributed by atoms with Gasteiger partial charge in [0.25, 0.3) is 0 Å². The number of hydrogen-bond acceptors (Lipinski definition) is 3. The van der Waals surface area contributed by atoms with E-state index >= 15 is 0 Å². The highest BCUT2D eigenvalue weighted by atomic mass is 16.5. The zero-order valence-electron chi connectivity index (χ0n) is 6.91. The number of carbonyl (C=O) groups is 1. The summed E-state index contributed by atoms with van der Waals surface area (Å²) in [6, 6.07) is -0.110. The summed E-state index contributed by atoms with van der Waals surface area (Å²) >= 11 is 0. The van der Waals surface area contributed by atoms with Gasteiger partial charge in [-0.3, -0.25) is 4.79 Å². The van der Waals surface area contributed by atoms with Crippen molar-refractivity contribution < 1.29 is 9.53 Å². The van der Waals surface area contributed by atoms with Crippen molar-refractivity contribution in [2.24, 2.45) is 5.73 Å². The van der Waals surface area contributed by atoms with Gasteiger partial charge in [-0.15, -0.1) is 0 Å². The summed E-state index contributed by atoms with van der Waals surface area (Å²) in [5.41, 5.74) is 5.41. The first kappa shape index (κ1) is 8.49. The Bertz CT molecular complexity index is 161. The summed E-state index contributed by atoms with van der Waals surface area (Å²) in [6.07, 6.45) is 0. The highest BCUT2D eigenvalue weighted by molar-refractivity contribution is 5.87. The zero-order valence-corrected chi connectivity index (χ0v) is 6.91. The van der Waals surface area contributed by atoms with Gasteiger partial charge >= 0.3 is 0 Å². The summed E-state index contributed by atoms with van der Waals surface area (Å²) < 4.78 is 4.91. The van der Waals surface area contributed by atoms with Gasteiger partial charge in [-0.05, 0) is 6.92 Å². The van der Waals surface area contributed by atoms with E-state index in [1.807, 2.05) is 6.92 Å². The average Bonchev–Trinajstić information content (AvgIpc) is 1.99. The standard InChI is InChI=1S/C7H14N2O2/c1-5(4-11-2)9-3-6(8)7(9)10/h5-6H,3-4,8H2,1-2H3. The molecule has 2 N–H and O–H groups in total. The SMILES string of the molecule is COCC(C)N1CC(N)C1=O. The minimum Gasteiger partial charge on any atom is -0.383 e. The van der Waals surface area contributed by atoms with E-state index in [4.69, 9.17) is 10.5 Å². The molecule has 1 saturated heterocycles. The minimum absolute atomic E-state index is 0.0366. The molecule has 0 aromatic carbocycles. The van der Waals surface area contributed by atoms with Crippen LogP contribution in [0, 0.1) is 0 Å². The lowest BCUT2D eigenvalue weighted by Gasteiger charge is -2.40. The number of β-lactam (4-membered cyclic amide) rings is 1. The number of carbonyl (C=O) groups excluding carboxylic acids is 1. The Morgan fingerprint density at radius 3 is 2.91 bits per heavy atom. The number of amides is 1. The normalized spacial score (nSPS) is 26.6. The van der Waals surface area contributed by atoms with Crippen LogP contribution in [0.4, 0.5) is 0 Å². The second-order valence-corrected chi connectivity index (χ2v) is 2.90. The van der Waals surface area contributed by atoms with E-state index in [1.165, 1.54) is 0 Å². The van der Waals surface area contributed by atoms with E-state index in [2.05, 4.69) is 0 Å². The summed E-state index contributed by atoms with van der Waals surface area (Å²) in [5, 5.41) is 0. The number of ether oxygens (including phenoxy) is 1. The maximum Gasteiger partial charge on any atom is 0.241 e. The number of likely N-dealkylation sites (tertiary alicyclic amines) is 1. The van der Waals surface area contributed by atoms with E-state index in [1.54, 1.807) is 12.0 Å². The Hall–Kier alpha value is -0.610. The largest absolute Gasteiger partial charge is 0.383 e. The molecule has 1 aliphatic heterocycles. The third-order valence-corrected chi connectivity index (χ3v) is 1.93. The number of nitrogens with two attached hydrogens (primary N) is 1. The topological polar surface area (TPSA) is 55.6 Å². The summed E-state index contributed by atoms with van der Waals surface area (Å²) in [5.74, 6) is 0.0366. The van der Waals surface area contributed by atoms with Crippen LogP contribution in [0.2, 0.25) is 0 Å². The molecule has 0 spiro atoms. The molecule has 0 radical (unpaired) electrons. The van der Waals surface area contributed by atoms with Crippen molar-refractivity contribution in [3.63, 3.8) is 0 Å². The van der Waals surface area contributed by atoms with E-state index in [0.717, 1.165) is 0 Å². The molecular weight excluding hydrogens is 144 g/mol. The predicted molar refractivity (Wildman–Crippen MR) is 41.0 cm³/mol. The van der Waals surface area contributed by atoms with Gasteiger partial charge in [0.2, 0.25) is 5.91 Å². The molecule has 1 heterocycles. The Balaban J connectivity index is 2.33. The van der Waals surface area contributed by atoms with Crippen molar-refractivity contribution in [3.05, 3.63) is 0 Å². The molecule has 64 valence electrons. The number of methoxy groups -OCH3 is 1. The molecule has 0 aliphatic carbocycles. The van der Waals surface area contributed by atoms with Gasteiger partial charge in [0.15, 0.2) is 0 Å². The van der Waals surface area contributed by atoms with Crippen LogP contribution in [-0.2, 0) is 9.53 Å². The third kappa shape index (κ3) is 1.52. The minimum atomic E-state index is -0.269. The van der Waals surface area contributed by atoms with Gasteiger partial charge in [-0.1, -0.05) is 0 Å². The third-order valence-electron chi connectivity index (χ3n) is 1.93. The summed E-state index contributed by atoms with van der Waals surface area (Å²) in [4.78, 5) is 12.8. The zero-order chi connectivity index (χ0) is 8.43. The molecule has 11 heavy (non-hydrogen) atoms. The number of nitrogens with zero attached hydrogens (tertiary/aromatic N) is 1. The van der Waals surface area contributed by atoms with Crippen LogP contribution in [0.15, 0.2) is 0 Å². The lowest BCUT2D eigenvalue weighted by atomic mass is 10.1. The van der Waals surface area contributed by atoms with Gasteiger partial charge in [-0.2, -0.15) is 0 Å². The van der Waals surface area contributed by atoms with Gasteiger partial charge in [0.05, 0.1) is 12.6 Å². The van der Waals surface area contributed by atoms with Crippen LogP contribution in [0.5, 0.6) is 0 Å². The molecule has 1 fully saturated rings. The van der Waals surface area contributed by atoms with Gasteiger partial charge in [0.1, 0.15) is 6.04 Å². The molecule has 1 rings (SSSR count). The van der Waals surface area contributed by atoms with Crippen molar-refractivity contribution in [1.82, 2.24) is 4.90 Å².